The molecule has 0 saturated carbocycles. The number of hydrogen-bond donors (Lipinski definition) is 1. The normalized spacial score (nSPS) is 10.9. The maximum atomic E-state index is 12.1. The van der Waals surface area contributed by atoms with Crippen molar-refractivity contribution in [2.24, 2.45) is 0 Å². The summed E-state index contributed by atoms with van der Waals surface area (Å²) in [5, 5.41) is 13.1. The highest BCUT2D eigenvalue weighted by Gasteiger charge is 2.11. The van der Waals surface area contributed by atoms with Gasteiger partial charge >= 0.3 is 0 Å². The number of benzene rings is 1. The molecule has 1 N–H and O–H groups in total. The van der Waals surface area contributed by atoms with Crippen LogP contribution in [0.5, 0.6) is 0 Å². The van der Waals surface area contributed by atoms with Crippen molar-refractivity contribution < 1.29 is 9.59 Å². The number of aromatic nitrogens is 3. The standard InChI is InChI=1S/C21H18N4O2S/c26-17(18-4-3-13-28-18)10-11-21(27)22-16-8-6-15(7-9-16)14-20-24-23-19-5-1-2-12-25(19)20/h1-9,12-13H,10-11,14H2,(H,22,27). The van der Waals surface area contributed by atoms with E-state index in [1.165, 1.54) is 11.3 Å². The van der Waals surface area contributed by atoms with Crippen molar-refractivity contribution in [3.63, 3.8) is 0 Å². The molecule has 0 aliphatic rings. The number of carbonyl (C=O) groups is 2. The van der Waals surface area contributed by atoms with Crippen molar-refractivity contribution in [2.45, 2.75) is 19.3 Å². The summed E-state index contributed by atoms with van der Waals surface area (Å²) >= 11 is 1.40. The number of thiophene rings is 1. The van der Waals surface area contributed by atoms with E-state index in [9.17, 15) is 9.59 Å². The summed E-state index contributed by atoms with van der Waals surface area (Å²) in [5.74, 6) is 0.696. The zero-order valence-corrected chi connectivity index (χ0v) is 15.9. The van der Waals surface area contributed by atoms with Gasteiger partial charge in [0.15, 0.2) is 11.4 Å². The van der Waals surface area contributed by atoms with Crippen molar-refractivity contribution in [3.8, 4) is 0 Å². The number of nitrogens with zero attached hydrogens (tertiary/aromatic N) is 3. The lowest BCUT2D eigenvalue weighted by Gasteiger charge is -2.06. The van der Waals surface area contributed by atoms with E-state index < -0.39 is 0 Å². The number of anilines is 1. The van der Waals surface area contributed by atoms with Crippen molar-refractivity contribution in [3.05, 3.63) is 82.4 Å². The molecule has 28 heavy (non-hydrogen) atoms. The number of amides is 1. The van der Waals surface area contributed by atoms with Gasteiger partial charge in [-0.1, -0.05) is 24.3 Å². The molecular weight excluding hydrogens is 372 g/mol. The Morgan fingerprint density at radius 3 is 2.61 bits per heavy atom. The number of pyridine rings is 1. The Bertz CT molecular complexity index is 1100. The average Bonchev–Trinajstić information content (AvgIpc) is 3.38. The summed E-state index contributed by atoms with van der Waals surface area (Å²) in [4.78, 5) is 24.8. The van der Waals surface area contributed by atoms with Gasteiger partial charge in [0.05, 0.1) is 4.88 Å². The third-order valence-electron chi connectivity index (χ3n) is 4.36. The molecule has 0 radical (unpaired) electrons. The monoisotopic (exact) mass is 390 g/mol. The second-order valence-corrected chi connectivity index (χ2v) is 7.32. The number of ketones is 1. The topological polar surface area (TPSA) is 76.4 Å². The second-order valence-electron chi connectivity index (χ2n) is 6.37. The van der Waals surface area contributed by atoms with E-state index in [2.05, 4.69) is 15.5 Å². The molecule has 4 aromatic rings. The first-order valence-electron chi connectivity index (χ1n) is 8.93. The van der Waals surface area contributed by atoms with Crippen LogP contribution in [0.2, 0.25) is 0 Å². The van der Waals surface area contributed by atoms with E-state index in [0.29, 0.717) is 17.0 Å². The molecule has 0 aliphatic heterocycles. The highest BCUT2D eigenvalue weighted by Crippen LogP contribution is 2.15. The number of carbonyl (C=O) groups excluding carboxylic acids is 2. The van der Waals surface area contributed by atoms with Crippen LogP contribution in [0.1, 0.15) is 33.9 Å². The molecule has 3 aromatic heterocycles. The van der Waals surface area contributed by atoms with E-state index in [1.807, 2.05) is 64.5 Å². The van der Waals surface area contributed by atoms with Gasteiger partial charge in [-0.15, -0.1) is 21.5 Å². The maximum absolute atomic E-state index is 12.1. The Labute approximate surface area is 165 Å². The zero-order valence-electron chi connectivity index (χ0n) is 15.0. The van der Waals surface area contributed by atoms with Crippen molar-refractivity contribution in [1.82, 2.24) is 14.6 Å². The van der Waals surface area contributed by atoms with Crippen LogP contribution in [0, 0.1) is 0 Å². The smallest absolute Gasteiger partial charge is 0.224 e. The summed E-state index contributed by atoms with van der Waals surface area (Å²) in [5.41, 5.74) is 2.60. The van der Waals surface area contributed by atoms with Crippen LogP contribution in [0.15, 0.2) is 66.2 Å². The first-order valence-corrected chi connectivity index (χ1v) is 9.81. The molecule has 1 amide bonds. The highest BCUT2D eigenvalue weighted by atomic mass is 32.1. The summed E-state index contributed by atoms with van der Waals surface area (Å²) in [6, 6.07) is 17.0. The molecule has 6 nitrogen and oxygen atoms in total. The molecule has 0 spiro atoms. The van der Waals surface area contributed by atoms with Crippen molar-refractivity contribution >= 4 is 34.4 Å². The van der Waals surface area contributed by atoms with Crippen LogP contribution in [-0.4, -0.2) is 26.3 Å². The van der Waals surface area contributed by atoms with Crippen LogP contribution >= 0.6 is 11.3 Å². The molecule has 0 saturated heterocycles. The Morgan fingerprint density at radius 2 is 1.82 bits per heavy atom. The molecule has 0 atom stereocenters. The van der Waals surface area contributed by atoms with Crippen molar-refractivity contribution in [1.29, 1.82) is 0 Å². The Hall–Kier alpha value is -3.32. The van der Waals surface area contributed by atoms with Crippen LogP contribution in [0.25, 0.3) is 5.65 Å². The molecule has 7 heteroatoms. The average molecular weight is 390 g/mol. The quantitative estimate of drug-likeness (QED) is 0.484. The number of Topliss-reactive ketones (excluding diaryl/α,β-unsaturated/α-hetero) is 1. The number of nitrogens with one attached hydrogen (secondary N) is 1. The van der Waals surface area contributed by atoms with E-state index in [0.717, 1.165) is 17.0 Å². The minimum atomic E-state index is -0.166. The third kappa shape index (κ3) is 4.15. The first-order chi connectivity index (χ1) is 13.7. The lowest BCUT2D eigenvalue weighted by Crippen LogP contribution is -2.13. The van der Waals surface area contributed by atoms with Gasteiger partial charge in [0.1, 0.15) is 5.82 Å². The first kappa shape index (κ1) is 18.1. The van der Waals surface area contributed by atoms with Crippen LogP contribution in [-0.2, 0) is 11.2 Å². The Kier molecular flexibility index (Phi) is 5.25. The predicted octanol–water partition coefficient (Wildman–Crippen LogP) is 3.98. The number of rotatable bonds is 7. The van der Waals surface area contributed by atoms with Gasteiger partial charge in [-0.05, 0) is 41.3 Å². The lowest BCUT2D eigenvalue weighted by atomic mass is 10.1. The van der Waals surface area contributed by atoms with Gasteiger partial charge in [0.2, 0.25) is 5.91 Å². The van der Waals surface area contributed by atoms with Gasteiger partial charge in [-0.3, -0.25) is 14.0 Å². The molecule has 1 aromatic carbocycles. The van der Waals surface area contributed by atoms with Gasteiger partial charge in [0, 0.05) is 31.1 Å². The molecular formula is C21H18N4O2S. The van der Waals surface area contributed by atoms with E-state index in [4.69, 9.17) is 0 Å². The molecule has 0 fully saturated rings. The molecule has 140 valence electrons. The van der Waals surface area contributed by atoms with Gasteiger partial charge in [-0.2, -0.15) is 0 Å². The van der Waals surface area contributed by atoms with Crippen LogP contribution < -0.4 is 5.32 Å². The highest BCUT2D eigenvalue weighted by molar-refractivity contribution is 7.12. The summed E-state index contributed by atoms with van der Waals surface area (Å²) in [6.07, 6.45) is 2.97. The van der Waals surface area contributed by atoms with E-state index >= 15 is 0 Å². The fourth-order valence-corrected chi connectivity index (χ4v) is 3.61. The fraction of sp³-hybridized carbons (Fsp3) is 0.143. The van der Waals surface area contributed by atoms with Gasteiger partial charge in [0.25, 0.3) is 0 Å². The largest absolute Gasteiger partial charge is 0.326 e. The SMILES string of the molecule is O=C(CCC(=O)c1cccs1)Nc1ccc(Cc2nnc3ccccn23)cc1. The minimum Gasteiger partial charge on any atom is -0.326 e. The minimum absolute atomic E-state index is 0.000955. The number of fused-ring (bicyclic) bond motifs is 1. The van der Waals surface area contributed by atoms with Crippen LogP contribution in [0.4, 0.5) is 5.69 Å². The van der Waals surface area contributed by atoms with E-state index in [1.54, 1.807) is 6.07 Å². The molecule has 4 rings (SSSR count). The zero-order chi connectivity index (χ0) is 19.3. The molecule has 0 aliphatic carbocycles. The second kappa shape index (κ2) is 8.14. The molecule has 0 bridgehead atoms. The number of hydrogen-bond acceptors (Lipinski definition) is 5. The van der Waals surface area contributed by atoms with Gasteiger partial charge in [-0.25, -0.2) is 0 Å². The van der Waals surface area contributed by atoms with Crippen molar-refractivity contribution in [2.75, 3.05) is 5.32 Å². The molecule has 0 unspecified atom stereocenters. The Morgan fingerprint density at radius 1 is 0.964 bits per heavy atom. The van der Waals surface area contributed by atoms with Crippen LogP contribution in [0.3, 0.4) is 0 Å². The lowest BCUT2D eigenvalue weighted by molar-refractivity contribution is -0.116. The predicted molar refractivity (Wildman–Crippen MR) is 109 cm³/mol. The van der Waals surface area contributed by atoms with E-state index in [-0.39, 0.29) is 24.5 Å². The fourth-order valence-electron chi connectivity index (χ4n) is 2.91. The Balaban J connectivity index is 1.33. The maximum Gasteiger partial charge on any atom is 0.224 e. The summed E-state index contributed by atoms with van der Waals surface area (Å²) in [6.45, 7) is 0. The summed E-state index contributed by atoms with van der Waals surface area (Å²) < 4.78 is 1.96. The third-order valence-corrected chi connectivity index (χ3v) is 5.27. The summed E-state index contributed by atoms with van der Waals surface area (Å²) in [7, 11) is 0. The van der Waals surface area contributed by atoms with Gasteiger partial charge < -0.3 is 5.32 Å². The molecule has 3 heterocycles.